The Morgan fingerprint density at radius 2 is 1.83 bits per heavy atom. The Balaban J connectivity index is 1.65. The lowest BCUT2D eigenvalue weighted by Crippen LogP contribution is -2.14. The summed E-state index contributed by atoms with van der Waals surface area (Å²) >= 11 is 0. The van der Waals surface area contributed by atoms with Crippen LogP contribution < -0.4 is 15.8 Å². The quantitative estimate of drug-likeness (QED) is 0.834. The molecule has 2 aromatic carbocycles. The highest BCUT2D eigenvalue weighted by atomic mass is 16.5. The molecule has 120 valence electrons. The van der Waals surface area contributed by atoms with Gasteiger partial charge in [0.1, 0.15) is 5.75 Å². The smallest absolute Gasteiger partial charge is 0.256 e. The van der Waals surface area contributed by atoms with E-state index in [1.807, 2.05) is 37.3 Å². The Hall–Kier alpha value is -2.49. The minimum Gasteiger partial charge on any atom is -0.490 e. The first-order valence-corrected chi connectivity index (χ1v) is 8.06. The number of ether oxygens (including phenoxy) is 1. The summed E-state index contributed by atoms with van der Waals surface area (Å²) in [6.07, 6.45) is 5.10. The molecule has 1 aliphatic carbocycles. The average Bonchev–Trinajstić information content (AvgIpc) is 3.04. The molecule has 3 rings (SSSR count). The zero-order valence-electron chi connectivity index (χ0n) is 13.3. The highest BCUT2D eigenvalue weighted by Gasteiger charge is 2.16. The van der Waals surface area contributed by atoms with E-state index in [2.05, 4.69) is 5.32 Å². The molecule has 0 bridgehead atoms. The summed E-state index contributed by atoms with van der Waals surface area (Å²) in [5.41, 5.74) is 8.58. The highest BCUT2D eigenvalue weighted by Crippen LogP contribution is 2.25. The molecule has 0 aromatic heterocycles. The number of carbonyl (C=O) groups excluding carboxylic acids is 1. The summed E-state index contributed by atoms with van der Waals surface area (Å²) in [4.78, 5) is 12.4. The number of benzene rings is 2. The zero-order valence-corrected chi connectivity index (χ0v) is 13.3. The van der Waals surface area contributed by atoms with Gasteiger partial charge < -0.3 is 15.8 Å². The first kappa shape index (κ1) is 15.4. The topological polar surface area (TPSA) is 64.4 Å². The number of nitrogens with one attached hydrogen (secondary N) is 1. The fourth-order valence-corrected chi connectivity index (χ4v) is 2.90. The number of rotatable bonds is 4. The van der Waals surface area contributed by atoms with Crippen molar-refractivity contribution in [1.29, 1.82) is 0 Å². The number of hydrogen-bond acceptors (Lipinski definition) is 3. The standard InChI is InChI=1S/C19H22N2O2/c1-13-6-7-14(20)12-18(13)19(22)21-15-8-10-17(11-9-15)23-16-4-2-3-5-16/h6-12,16H,2-5,20H2,1H3,(H,21,22). The molecule has 4 nitrogen and oxygen atoms in total. The Labute approximate surface area is 136 Å². The lowest BCUT2D eigenvalue weighted by molar-refractivity contribution is 0.102. The second-order valence-corrected chi connectivity index (χ2v) is 6.08. The van der Waals surface area contributed by atoms with E-state index in [9.17, 15) is 4.79 Å². The Morgan fingerprint density at radius 1 is 1.13 bits per heavy atom. The van der Waals surface area contributed by atoms with Crippen molar-refractivity contribution in [3.05, 3.63) is 53.6 Å². The fraction of sp³-hybridized carbons (Fsp3) is 0.316. The van der Waals surface area contributed by atoms with Gasteiger partial charge in [-0.3, -0.25) is 4.79 Å². The zero-order chi connectivity index (χ0) is 16.2. The maximum atomic E-state index is 12.4. The molecular formula is C19H22N2O2. The van der Waals surface area contributed by atoms with Crippen LogP contribution in [0.2, 0.25) is 0 Å². The number of amides is 1. The second-order valence-electron chi connectivity index (χ2n) is 6.08. The van der Waals surface area contributed by atoms with Crippen LogP contribution in [0, 0.1) is 6.92 Å². The summed E-state index contributed by atoms with van der Waals surface area (Å²) in [5.74, 6) is 0.703. The highest BCUT2D eigenvalue weighted by molar-refractivity contribution is 6.05. The molecule has 23 heavy (non-hydrogen) atoms. The van der Waals surface area contributed by atoms with Gasteiger partial charge in [0, 0.05) is 16.9 Å². The van der Waals surface area contributed by atoms with Crippen molar-refractivity contribution in [3.8, 4) is 5.75 Å². The van der Waals surface area contributed by atoms with Gasteiger partial charge in [-0.2, -0.15) is 0 Å². The number of hydrogen-bond donors (Lipinski definition) is 2. The molecule has 0 heterocycles. The van der Waals surface area contributed by atoms with Gasteiger partial charge in [-0.15, -0.1) is 0 Å². The van der Waals surface area contributed by atoms with E-state index in [-0.39, 0.29) is 5.91 Å². The molecule has 0 atom stereocenters. The van der Waals surface area contributed by atoms with Gasteiger partial charge in [-0.1, -0.05) is 6.07 Å². The Bertz CT molecular complexity index is 689. The summed E-state index contributed by atoms with van der Waals surface area (Å²) in [6, 6.07) is 12.9. The van der Waals surface area contributed by atoms with Crippen LogP contribution in [-0.2, 0) is 0 Å². The minimum absolute atomic E-state index is 0.153. The van der Waals surface area contributed by atoms with Crippen LogP contribution in [0.15, 0.2) is 42.5 Å². The van der Waals surface area contributed by atoms with Crippen molar-refractivity contribution in [1.82, 2.24) is 0 Å². The maximum Gasteiger partial charge on any atom is 0.256 e. The van der Waals surface area contributed by atoms with Crippen molar-refractivity contribution in [2.45, 2.75) is 38.7 Å². The third-order valence-corrected chi connectivity index (χ3v) is 4.22. The van der Waals surface area contributed by atoms with Crippen LogP contribution in [0.25, 0.3) is 0 Å². The largest absolute Gasteiger partial charge is 0.490 e. The fourth-order valence-electron chi connectivity index (χ4n) is 2.90. The predicted molar refractivity (Wildman–Crippen MR) is 92.9 cm³/mol. The first-order valence-electron chi connectivity index (χ1n) is 8.06. The van der Waals surface area contributed by atoms with E-state index in [0.29, 0.717) is 17.4 Å². The molecule has 1 amide bonds. The van der Waals surface area contributed by atoms with E-state index >= 15 is 0 Å². The average molecular weight is 310 g/mol. The predicted octanol–water partition coefficient (Wildman–Crippen LogP) is 4.15. The maximum absolute atomic E-state index is 12.4. The number of anilines is 2. The van der Waals surface area contributed by atoms with Crippen LogP contribution in [0.5, 0.6) is 5.75 Å². The minimum atomic E-state index is -0.153. The monoisotopic (exact) mass is 310 g/mol. The van der Waals surface area contributed by atoms with Crippen LogP contribution in [0.3, 0.4) is 0 Å². The van der Waals surface area contributed by atoms with Gasteiger partial charge >= 0.3 is 0 Å². The molecular weight excluding hydrogens is 288 g/mol. The van der Waals surface area contributed by atoms with Gasteiger partial charge in [-0.05, 0) is 74.6 Å². The number of carbonyl (C=O) groups is 1. The molecule has 3 N–H and O–H groups in total. The van der Waals surface area contributed by atoms with Gasteiger partial charge in [-0.25, -0.2) is 0 Å². The van der Waals surface area contributed by atoms with E-state index in [0.717, 1.165) is 29.8 Å². The molecule has 0 saturated heterocycles. The third-order valence-electron chi connectivity index (χ3n) is 4.22. The molecule has 0 radical (unpaired) electrons. The molecule has 1 aliphatic rings. The number of aryl methyl sites for hydroxylation is 1. The van der Waals surface area contributed by atoms with Crippen molar-refractivity contribution in [3.63, 3.8) is 0 Å². The lowest BCUT2D eigenvalue weighted by Gasteiger charge is -2.13. The summed E-state index contributed by atoms with van der Waals surface area (Å²) in [5, 5.41) is 2.90. The molecule has 2 aromatic rings. The molecule has 1 fully saturated rings. The van der Waals surface area contributed by atoms with Gasteiger partial charge in [0.2, 0.25) is 0 Å². The molecule has 0 aliphatic heterocycles. The van der Waals surface area contributed by atoms with Crippen LogP contribution in [0.1, 0.15) is 41.6 Å². The van der Waals surface area contributed by atoms with Crippen molar-refractivity contribution < 1.29 is 9.53 Å². The second kappa shape index (κ2) is 6.73. The van der Waals surface area contributed by atoms with Crippen molar-refractivity contribution in [2.24, 2.45) is 0 Å². The van der Waals surface area contributed by atoms with E-state index in [4.69, 9.17) is 10.5 Å². The third kappa shape index (κ3) is 3.83. The first-order chi connectivity index (χ1) is 11.1. The van der Waals surface area contributed by atoms with Gasteiger partial charge in [0.25, 0.3) is 5.91 Å². The molecule has 0 spiro atoms. The molecule has 4 heteroatoms. The van der Waals surface area contributed by atoms with Gasteiger partial charge in [0.05, 0.1) is 6.10 Å². The normalized spacial score (nSPS) is 14.7. The van der Waals surface area contributed by atoms with Crippen LogP contribution in [0.4, 0.5) is 11.4 Å². The van der Waals surface area contributed by atoms with E-state index < -0.39 is 0 Å². The van der Waals surface area contributed by atoms with Crippen LogP contribution in [-0.4, -0.2) is 12.0 Å². The summed E-state index contributed by atoms with van der Waals surface area (Å²) in [7, 11) is 0. The Kier molecular flexibility index (Phi) is 4.51. The van der Waals surface area contributed by atoms with Gasteiger partial charge in [0.15, 0.2) is 0 Å². The number of nitrogens with two attached hydrogens (primary N) is 1. The summed E-state index contributed by atoms with van der Waals surface area (Å²) in [6.45, 7) is 1.90. The Morgan fingerprint density at radius 3 is 2.52 bits per heavy atom. The lowest BCUT2D eigenvalue weighted by atomic mass is 10.1. The summed E-state index contributed by atoms with van der Waals surface area (Å²) < 4.78 is 5.93. The van der Waals surface area contributed by atoms with Crippen molar-refractivity contribution >= 4 is 17.3 Å². The SMILES string of the molecule is Cc1ccc(N)cc1C(=O)Nc1ccc(OC2CCCC2)cc1. The van der Waals surface area contributed by atoms with E-state index in [1.54, 1.807) is 12.1 Å². The molecule has 0 unspecified atom stereocenters. The number of nitrogen functional groups attached to an aromatic ring is 1. The van der Waals surface area contributed by atoms with Crippen molar-refractivity contribution in [2.75, 3.05) is 11.1 Å². The molecule has 1 saturated carbocycles. The van der Waals surface area contributed by atoms with Crippen LogP contribution >= 0.6 is 0 Å². The van der Waals surface area contributed by atoms with E-state index in [1.165, 1.54) is 12.8 Å².